The molecule has 0 N–H and O–H groups in total. The summed E-state index contributed by atoms with van der Waals surface area (Å²) in [6.45, 7) is 0.664. The first kappa shape index (κ1) is 13.7. The van der Waals surface area contributed by atoms with E-state index < -0.39 is 0 Å². The van der Waals surface area contributed by atoms with E-state index in [1.165, 1.54) is 6.33 Å². The van der Waals surface area contributed by atoms with Gasteiger partial charge in [-0.25, -0.2) is 9.97 Å². The van der Waals surface area contributed by atoms with Gasteiger partial charge in [0.15, 0.2) is 11.5 Å². The van der Waals surface area contributed by atoms with Gasteiger partial charge in [0.05, 0.1) is 19.6 Å². The van der Waals surface area contributed by atoms with Crippen LogP contribution in [0.5, 0.6) is 11.5 Å². The van der Waals surface area contributed by atoms with Crippen LogP contribution in [-0.2, 0) is 6.54 Å². The quantitative estimate of drug-likeness (QED) is 0.695. The van der Waals surface area contributed by atoms with Gasteiger partial charge in [0.2, 0.25) is 0 Å². The molecule has 0 atom stereocenters. The molecule has 0 aliphatic carbocycles. The Morgan fingerprint density at radius 3 is 2.67 bits per heavy atom. The lowest BCUT2D eigenvalue weighted by Gasteiger charge is -2.10. The predicted octanol–water partition coefficient (Wildman–Crippen LogP) is 3.15. The van der Waals surface area contributed by atoms with Crippen LogP contribution in [0.4, 0.5) is 0 Å². The molecule has 0 aliphatic heterocycles. The van der Waals surface area contributed by atoms with E-state index in [0.29, 0.717) is 23.2 Å². The third kappa shape index (κ3) is 2.52. The molecule has 0 saturated carbocycles. The molecule has 0 radical (unpaired) electrons. The molecule has 0 unspecified atom stereocenters. The first-order chi connectivity index (χ1) is 10.2. The van der Waals surface area contributed by atoms with E-state index in [1.807, 2.05) is 35.0 Å². The molecule has 3 rings (SSSR count). The summed E-state index contributed by atoms with van der Waals surface area (Å²) in [6, 6.07) is 7.75. The SMILES string of the molecule is COc1ccc(Cn2ccc3c(Cl)ncnc32)cc1OC. The lowest BCUT2D eigenvalue weighted by Crippen LogP contribution is -2.00. The summed E-state index contributed by atoms with van der Waals surface area (Å²) in [5, 5.41) is 1.31. The van der Waals surface area contributed by atoms with Gasteiger partial charge in [-0.2, -0.15) is 0 Å². The summed E-state index contributed by atoms with van der Waals surface area (Å²) in [5.74, 6) is 1.42. The Balaban J connectivity index is 1.97. The van der Waals surface area contributed by atoms with Gasteiger partial charge in [0.1, 0.15) is 17.1 Å². The van der Waals surface area contributed by atoms with E-state index in [4.69, 9.17) is 21.1 Å². The Morgan fingerprint density at radius 2 is 1.90 bits per heavy atom. The second-order valence-electron chi connectivity index (χ2n) is 4.53. The van der Waals surface area contributed by atoms with Crippen LogP contribution in [0, 0.1) is 0 Å². The van der Waals surface area contributed by atoms with Crippen molar-refractivity contribution in [2.24, 2.45) is 0 Å². The summed E-state index contributed by atoms with van der Waals surface area (Å²) in [4.78, 5) is 8.27. The molecule has 0 saturated heterocycles. The molecule has 0 spiro atoms. The molecule has 0 amide bonds. The molecule has 3 aromatic rings. The monoisotopic (exact) mass is 303 g/mol. The van der Waals surface area contributed by atoms with Gasteiger partial charge in [-0.3, -0.25) is 0 Å². The number of aromatic nitrogens is 3. The highest BCUT2D eigenvalue weighted by molar-refractivity contribution is 6.33. The second-order valence-corrected chi connectivity index (χ2v) is 4.89. The molecule has 2 aromatic heterocycles. The van der Waals surface area contributed by atoms with Crippen LogP contribution in [0.15, 0.2) is 36.8 Å². The molecule has 2 heterocycles. The fraction of sp³-hybridized carbons (Fsp3) is 0.200. The molecular weight excluding hydrogens is 290 g/mol. The van der Waals surface area contributed by atoms with Crippen LogP contribution >= 0.6 is 11.6 Å². The Hall–Kier alpha value is -2.27. The highest BCUT2D eigenvalue weighted by Crippen LogP contribution is 2.28. The Bertz CT molecular complexity index is 786. The predicted molar refractivity (Wildman–Crippen MR) is 81.2 cm³/mol. The average Bonchev–Trinajstić information content (AvgIpc) is 2.92. The third-order valence-electron chi connectivity index (χ3n) is 3.31. The number of methoxy groups -OCH3 is 2. The van der Waals surface area contributed by atoms with E-state index in [0.717, 1.165) is 16.6 Å². The third-order valence-corrected chi connectivity index (χ3v) is 3.61. The van der Waals surface area contributed by atoms with Crippen LogP contribution in [0.25, 0.3) is 11.0 Å². The number of nitrogens with zero attached hydrogens (tertiary/aromatic N) is 3. The zero-order valence-electron chi connectivity index (χ0n) is 11.7. The first-order valence-corrected chi connectivity index (χ1v) is 6.77. The zero-order chi connectivity index (χ0) is 14.8. The summed E-state index contributed by atoms with van der Waals surface area (Å²) in [5.41, 5.74) is 1.89. The summed E-state index contributed by atoms with van der Waals surface area (Å²) in [7, 11) is 3.25. The van der Waals surface area contributed by atoms with Crippen molar-refractivity contribution in [2.75, 3.05) is 14.2 Å². The highest BCUT2D eigenvalue weighted by Gasteiger charge is 2.09. The van der Waals surface area contributed by atoms with Crippen molar-refractivity contribution in [3.8, 4) is 11.5 Å². The van der Waals surface area contributed by atoms with Crippen LogP contribution in [0.1, 0.15) is 5.56 Å². The molecule has 21 heavy (non-hydrogen) atoms. The fourth-order valence-corrected chi connectivity index (χ4v) is 2.47. The maximum absolute atomic E-state index is 6.06. The van der Waals surface area contributed by atoms with Gasteiger partial charge in [0, 0.05) is 12.7 Å². The van der Waals surface area contributed by atoms with Gasteiger partial charge in [-0.05, 0) is 23.8 Å². The van der Waals surface area contributed by atoms with Crippen molar-refractivity contribution in [1.29, 1.82) is 0 Å². The molecule has 1 aromatic carbocycles. The van der Waals surface area contributed by atoms with E-state index >= 15 is 0 Å². The average molecular weight is 304 g/mol. The van der Waals surface area contributed by atoms with Crippen molar-refractivity contribution in [1.82, 2.24) is 14.5 Å². The molecular formula is C15H14ClN3O2. The fourth-order valence-electron chi connectivity index (χ4n) is 2.28. The van der Waals surface area contributed by atoms with E-state index in [1.54, 1.807) is 14.2 Å². The first-order valence-electron chi connectivity index (χ1n) is 6.39. The smallest absolute Gasteiger partial charge is 0.161 e. The molecule has 6 heteroatoms. The second kappa shape index (κ2) is 5.61. The van der Waals surface area contributed by atoms with Crippen LogP contribution in [0.3, 0.4) is 0 Å². The van der Waals surface area contributed by atoms with Gasteiger partial charge in [-0.15, -0.1) is 0 Å². The normalized spacial score (nSPS) is 10.8. The van der Waals surface area contributed by atoms with E-state index in [9.17, 15) is 0 Å². The van der Waals surface area contributed by atoms with Crippen molar-refractivity contribution in [3.05, 3.63) is 47.5 Å². The number of benzene rings is 1. The molecule has 5 nitrogen and oxygen atoms in total. The summed E-state index contributed by atoms with van der Waals surface area (Å²) >= 11 is 6.06. The standard InChI is InChI=1S/C15H14ClN3O2/c1-20-12-4-3-10(7-13(12)21-2)8-19-6-5-11-14(16)17-9-18-15(11)19/h3-7,9H,8H2,1-2H3. The minimum atomic E-state index is 0.464. The largest absolute Gasteiger partial charge is 0.493 e. The Kier molecular flexibility index (Phi) is 3.66. The summed E-state index contributed by atoms with van der Waals surface area (Å²) < 4.78 is 12.6. The number of hydrogen-bond acceptors (Lipinski definition) is 4. The molecule has 0 fully saturated rings. The maximum atomic E-state index is 6.06. The number of ether oxygens (including phenoxy) is 2. The van der Waals surface area contributed by atoms with Crippen molar-refractivity contribution in [3.63, 3.8) is 0 Å². The number of hydrogen-bond donors (Lipinski definition) is 0. The van der Waals surface area contributed by atoms with Gasteiger partial charge in [0.25, 0.3) is 0 Å². The van der Waals surface area contributed by atoms with Gasteiger partial charge < -0.3 is 14.0 Å². The maximum Gasteiger partial charge on any atom is 0.161 e. The zero-order valence-corrected chi connectivity index (χ0v) is 12.5. The van der Waals surface area contributed by atoms with Crippen molar-refractivity contribution in [2.45, 2.75) is 6.54 Å². The number of fused-ring (bicyclic) bond motifs is 1. The Morgan fingerprint density at radius 1 is 1.10 bits per heavy atom. The number of halogens is 1. The van der Waals surface area contributed by atoms with E-state index in [2.05, 4.69) is 9.97 Å². The Labute approximate surface area is 127 Å². The van der Waals surface area contributed by atoms with Gasteiger partial charge >= 0.3 is 0 Å². The van der Waals surface area contributed by atoms with E-state index in [-0.39, 0.29) is 0 Å². The molecule has 0 bridgehead atoms. The lowest BCUT2D eigenvalue weighted by atomic mass is 10.2. The number of rotatable bonds is 4. The highest BCUT2D eigenvalue weighted by atomic mass is 35.5. The molecule has 0 aliphatic rings. The van der Waals surface area contributed by atoms with Gasteiger partial charge in [-0.1, -0.05) is 17.7 Å². The summed E-state index contributed by atoms with van der Waals surface area (Å²) in [6.07, 6.45) is 3.41. The van der Waals surface area contributed by atoms with Crippen LogP contribution < -0.4 is 9.47 Å². The lowest BCUT2D eigenvalue weighted by molar-refractivity contribution is 0.354. The minimum Gasteiger partial charge on any atom is -0.493 e. The minimum absolute atomic E-state index is 0.464. The topological polar surface area (TPSA) is 49.2 Å². The van der Waals surface area contributed by atoms with Crippen molar-refractivity contribution < 1.29 is 9.47 Å². The van der Waals surface area contributed by atoms with Crippen molar-refractivity contribution >= 4 is 22.6 Å². The molecule has 108 valence electrons. The van der Waals surface area contributed by atoms with Crippen LogP contribution in [-0.4, -0.2) is 28.8 Å². The van der Waals surface area contributed by atoms with Crippen LogP contribution in [0.2, 0.25) is 5.15 Å².